The van der Waals surface area contributed by atoms with Gasteiger partial charge in [-0.15, -0.1) is 0 Å². The Kier molecular flexibility index (Phi) is 3.91. The van der Waals surface area contributed by atoms with Crippen molar-refractivity contribution in [2.45, 2.75) is 25.8 Å². The molecule has 0 amide bonds. The molecule has 0 atom stereocenters. The smallest absolute Gasteiger partial charge is 0.123 e. The van der Waals surface area contributed by atoms with Crippen LogP contribution in [-0.4, -0.2) is 24.5 Å². The van der Waals surface area contributed by atoms with Gasteiger partial charge in [-0.05, 0) is 62.2 Å². The van der Waals surface area contributed by atoms with E-state index in [9.17, 15) is 4.39 Å². The SMILES string of the molecule is NCCc1cc(F)cc(CN2CCCC2)c1. The summed E-state index contributed by atoms with van der Waals surface area (Å²) >= 11 is 0. The van der Waals surface area contributed by atoms with Crippen molar-refractivity contribution in [3.8, 4) is 0 Å². The lowest BCUT2D eigenvalue weighted by Crippen LogP contribution is -2.18. The van der Waals surface area contributed by atoms with Crippen molar-refractivity contribution in [3.63, 3.8) is 0 Å². The number of rotatable bonds is 4. The Morgan fingerprint density at radius 3 is 2.50 bits per heavy atom. The van der Waals surface area contributed by atoms with Crippen molar-refractivity contribution in [3.05, 3.63) is 35.1 Å². The Hall–Kier alpha value is -0.930. The lowest BCUT2D eigenvalue weighted by atomic mass is 10.1. The highest BCUT2D eigenvalue weighted by Crippen LogP contribution is 2.15. The van der Waals surface area contributed by atoms with E-state index in [1.165, 1.54) is 12.8 Å². The molecule has 0 bridgehead atoms. The van der Waals surface area contributed by atoms with Gasteiger partial charge in [0.2, 0.25) is 0 Å². The molecule has 0 aromatic heterocycles. The van der Waals surface area contributed by atoms with E-state index >= 15 is 0 Å². The third-order valence-corrected chi connectivity index (χ3v) is 3.06. The number of halogens is 1. The van der Waals surface area contributed by atoms with Gasteiger partial charge < -0.3 is 5.73 Å². The molecule has 1 fully saturated rings. The predicted molar refractivity (Wildman–Crippen MR) is 63.7 cm³/mol. The van der Waals surface area contributed by atoms with Crippen LogP contribution in [0.4, 0.5) is 4.39 Å². The summed E-state index contributed by atoms with van der Waals surface area (Å²) in [5, 5.41) is 0. The molecule has 1 aromatic carbocycles. The molecule has 1 aliphatic heterocycles. The molecule has 2 N–H and O–H groups in total. The maximum absolute atomic E-state index is 13.4. The Bertz CT molecular complexity index is 346. The summed E-state index contributed by atoms with van der Waals surface area (Å²) in [5.41, 5.74) is 7.58. The summed E-state index contributed by atoms with van der Waals surface area (Å²) in [6, 6.07) is 5.30. The molecule has 1 heterocycles. The van der Waals surface area contributed by atoms with Crippen molar-refractivity contribution in [2.75, 3.05) is 19.6 Å². The minimum absolute atomic E-state index is 0.139. The standard InChI is InChI=1S/C13H19FN2/c14-13-8-11(3-4-15)7-12(9-13)10-16-5-1-2-6-16/h7-9H,1-6,10,15H2. The van der Waals surface area contributed by atoms with Crippen LogP contribution in [-0.2, 0) is 13.0 Å². The fraction of sp³-hybridized carbons (Fsp3) is 0.538. The maximum Gasteiger partial charge on any atom is 0.123 e. The molecule has 1 aromatic rings. The summed E-state index contributed by atoms with van der Waals surface area (Å²) in [5.74, 6) is -0.139. The first-order valence-electron chi connectivity index (χ1n) is 5.99. The van der Waals surface area contributed by atoms with Crippen LogP contribution >= 0.6 is 0 Å². The first-order valence-corrected chi connectivity index (χ1v) is 5.99. The number of nitrogens with two attached hydrogens (primary N) is 1. The quantitative estimate of drug-likeness (QED) is 0.843. The van der Waals surface area contributed by atoms with Gasteiger partial charge in [-0.3, -0.25) is 4.90 Å². The van der Waals surface area contributed by atoms with E-state index in [4.69, 9.17) is 5.73 Å². The Balaban J connectivity index is 2.06. The van der Waals surface area contributed by atoms with Gasteiger partial charge in [0.05, 0.1) is 0 Å². The van der Waals surface area contributed by atoms with E-state index in [0.717, 1.165) is 37.2 Å². The zero-order chi connectivity index (χ0) is 11.4. The van der Waals surface area contributed by atoms with Gasteiger partial charge in [-0.25, -0.2) is 4.39 Å². The fourth-order valence-corrected chi connectivity index (χ4v) is 2.32. The largest absolute Gasteiger partial charge is 0.330 e. The lowest BCUT2D eigenvalue weighted by Gasteiger charge is -2.15. The van der Waals surface area contributed by atoms with E-state index in [-0.39, 0.29) is 5.82 Å². The van der Waals surface area contributed by atoms with Gasteiger partial charge in [-0.2, -0.15) is 0 Å². The summed E-state index contributed by atoms with van der Waals surface area (Å²) in [7, 11) is 0. The molecule has 0 aliphatic carbocycles. The first kappa shape index (κ1) is 11.6. The van der Waals surface area contributed by atoms with Crippen LogP contribution in [0.15, 0.2) is 18.2 Å². The number of nitrogens with zero attached hydrogens (tertiary/aromatic N) is 1. The van der Waals surface area contributed by atoms with E-state index in [1.807, 2.05) is 0 Å². The third kappa shape index (κ3) is 3.03. The average Bonchev–Trinajstić information content (AvgIpc) is 2.70. The highest BCUT2D eigenvalue weighted by Gasteiger charge is 2.12. The lowest BCUT2D eigenvalue weighted by molar-refractivity contribution is 0.330. The Morgan fingerprint density at radius 1 is 1.12 bits per heavy atom. The number of likely N-dealkylation sites (tertiary alicyclic amines) is 1. The molecule has 1 aliphatic rings. The molecule has 2 nitrogen and oxygen atoms in total. The normalized spacial score (nSPS) is 16.9. The summed E-state index contributed by atoms with van der Waals surface area (Å²) in [6.07, 6.45) is 3.29. The van der Waals surface area contributed by atoms with Crippen LogP contribution in [0.5, 0.6) is 0 Å². The summed E-state index contributed by atoms with van der Waals surface area (Å²) in [6.45, 7) is 3.73. The second kappa shape index (κ2) is 5.41. The van der Waals surface area contributed by atoms with Gasteiger partial charge in [0, 0.05) is 6.54 Å². The summed E-state index contributed by atoms with van der Waals surface area (Å²) < 4.78 is 13.4. The molecule has 1 saturated heterocycles. The molecule has 0 radical (unpaired) electrons. The Labute approximate surface area is 96.2 Å². The van der Waals surface area contributed by atoms with Crippen LogP contribution in [0.1, 0.15) is 24.0 Å². The third-order valence-electron chi connectivity index (χ3n) is 3.06. The van der Waals surface area contributed by atoms with Crippen molar-refractivity contribution >= 4 is 0 Å². The molecule has 2 rings (SSSR count). The van der Waals surface area contributed by atoms with Crippen LogP contribution < -0.4 is 5.73 Å². The van der Waals surface area contributed by atoms with Crippen molar-refractivity contribution in [1.82, 2.24) is 4.90 Å². The molecule has 16 heavy (non-hydrogen) atoms. The van der Waals surface area contributed by atoms with Crippen molar-refractivity contribution in [2.24, 2.45) is 5.73 Å². The van der Waals surface area contributed by atoms with Gasteiger partial charge in [0.1, 0.15) is 5.82 Å². The number of hydrogen-bond acceptors (Lipinski definition) is 2. The first-order chi connectivity index (χ1) is 7.78. The van der Waals surface area contributed by atoms with Gasteiger partial charge in [-0.1, -0.05) is 6.07 Å². The van der Waals surface area contributed by atoms with Gasteiger partial charge >= 0.3 is 0 Å². The zero-order valence-electron chi connectivity index (χ0n) is 9.58. The van der Waals surface area contributed by atoms with Crippen LogP contribution in [0.3, 0.4) is 0 Å². The molecular weight excluding hydrogens is 203 g/mol. The van der Waals surface area contributed by atoms with E-state index < -0.39 is 0 Å². The predicted octanol–water partition coefficient (Wildman–Crippen LogP) is 1.92. The maximum atomic E-state index is 13.4. The molecule has 0 unspecified atom stereocenters. The van der Waals surface area contributed by atoms with Crippen LogP contribution in [0, 0.1) is 5.82 Å². The number of benzene rings is 1. The second-order valence-corrected chi connectivity index (χ2v) is 4.49. The van der Waals surface area contributed by atoms with Crippen molar-refractivity contribution in [1.29, 1.82) is 0 Å². The van der Waals surface area contributed by atoms with Gasteiger partial charge in [0.25, 0.3) is 0 Å². The van der Waals surface area contributed by atoms with E-state index in [1.54, 1.807) is 12.1 Å². The second-order valence-electron chi connectivity index (χ2n) is 4.49. The molecule has 3 heteroatoms. The minimum atomic E-state index is -0.139. The number of hydrogen-bond donors (Lipinski definition) is 1. The Morgan fingerprint density at radius 2 is 1.81 bits per heavy atom. The molecule has 0 spiro atoms. The highest BCUT2D eigenvalue weighted by molar-refractivity contribution is 5.25. The topological polar surface area (TPSA) is 29.3 Å². The highest BCUT2D eigenvalue weighted by atomic mass is 19.1. The van der Waals surface area contributed by atoms with Crippen LogP contribution in [0.2, 0.25) is 0 Å². The monoisotopic (exact) mass is 222 g/mol. The average molecular weight is 222 g/mol. The minimum Gasteiger partial charge on any atom is -0.330 e. The van der Waals surface area contributed by atoms with E-state index in [0.29, 0.717) is 6.54 Å². The molecule has 0 saturated carbocycles. The molecule has 88 valence electrons. The van der Waals surface area contributed by atoms with Crippen LogP contribution in [0.25, 0.3) is 0 Å². The zero-order valence-corrected chi connectivity index (χ0v) is 9.58. The fourth-order valence-electron chi connectivity index (χ4n) is 2.32. The van der Waals surface area contributed by atoms with E-state index in [2.05, 4.69) is 11.0 Å². The molecular formula is C13H19FN2. The van der Waals surface area contributed by atoms with Gasteiger partial charge in [0.15, 0.2) is 0 Å². The summed E-state index contributed by atoms with van der Waals surface area (Å²) in [4.78, 5) is 2.38. The van der Waals surface area contributed by atoms with Crippen molar-refractivity contribution < 1.29 is 4.39 Å².